The van der Waals surface area contributed by atoms with Crippen molar-refractivity contribution in [3.63, 3.8) is 0 Å². The Hall–Kier alpha value is -2.01. The van der Waals surface area contributed by atoms with Crippen LogP contribution in [0.3, 0.4) is 0 Å². The summed E-state index contributed by atoms with van der Waals surface area (Å²) in [5, 5.41) is 1.21. The van der Waals surface area contributed by atoms with Gasteiger partial charge in [-0.3, -0.25) is 4.79 Å². The number of fused-ring (bicyclic) bond motifs is 1. The second-order valence-electron chi connectivity index (χ2n) is 5.06. The molecule has 4 nitrogen and oxygen atoms in total. The predicted molar refractivity (Wildman–Crippen MR) is 89.4 cm³/mol. The molecule has 21 heavy (non-hydrogen) atoms. The van der Waals surface area contributed by atoms with Crippen molar-refractivity contribution in [1.29, 1.82) is 0 Å². The zero-order valence-corrected chi connectivity index (χ0v) is 13.1. The van der Waals surface area contributed by atoms with Gasteiger partial charge in [-0.1, -0.05) is 15.9 Å². The molecule has 0 radical (unpaired) electrons. The molecule has 0 aliphatic rings. The summed E-state index contributed by atoms with van der Waals surface area (Å²) >= 11 is 3.48. The zero-order chi connectivity index (χ0) is 14.8. The molecule has 0 amide bonds. The molecule has 5 heteroatoms. The Kier molecular flexibility index (Phi) is 3.84. The summed E-state index contributed by atoms with van der Waals surface area (Å²) in [5.74, 6) is 0. The van der Waals surface area contributed by atoms with Crippen LogP contribution in [0.25, 0.3) is 10.9 Å². The second kappa shape index (κ2) is 5.77. The van der Waals surface area contributed by atoms with E-state index in [4.69, 9.17) is 5.73 Å². The van der Waals surface area contributed by atoms with E-state index in [9.17, 15) is 4.79 Å². The standard InChI is InChI=1S/C16H16BrN3O/c17-13-2-4-15-12(10-13)6-9-19(15)7-1-8-20-11-14(18)3-5-16(20)21/h2-6,9-11H,1,7-8,18H2. The zero-order valence-electron chi connectivity index (χ0n) is 11.5. The van der Waals surface area contributed by atoms with Crippen molar-refractivity contribution < 1.29 is 0 Å². The van der Waals surface area contributed by atoms with Crippen molar-refractivity contribution in [1.82, 2.24) is 9.13 Å². The first-order valence-electron chi connectivity index (χ1n) is 6.84. The molecule has 0 bridgehead atoms. The number of nitrogens with zero attached hydrogens (tertiary/aromatic N) is 2. The lowest BCUT2D eigenvalue weighted by molar-refractivity contribution is 0.562. The number of nitrogen functional groups attached to an aromatic ring is 1. The number of benzene rings is 1. The second-order valence-corrected chi connectivity index (χ2v) is 5.98. The van der Waals surface area contributed by atoms with Gasteiger partial charge in [0.25, 0.3) is 5.56 Å². The van der Waals surface area contributed by atoms with Crippen LogP contribution >= 0.6 is 15.9 Å². The minimum atomic E-state index is -0.00880. The van der Waals surface area contributed by atoms with Crippen molar-refractivity contribution in [2.45, 2.75) is 19.5 Å². The number of pyridine rings is 1. The molecule has 3 aromatic rings. The van der Waals surface area contributed by atoms with Crippen molar-refractivity contribution in [2.24, 2.45) is 0 Å². The molecule has 0 aliphatic carbocycles. The number of anilines is 1. The van der Waals surface area contributed by atoms with Crippen LogP contribution in [0, 0.1) is 0 Å². The fourth-order valence-corrected chi connectivity index (χ4v) is 2.88. The Bertz CT molecular complexity index is 835. The molecule has 0 saturated carbocycles. The molecule has 3 rings (SSSR count). The maximum absolute atomic E-state index is 11.7. The van der Waals surface area contributed by atoms with Gasteiger partial charge in [-0.15, -0.1) is 0 Å². The molecule has 0 saturated heterocycles. The molecule has 2 heterocycles. The van der Waals surface area contributed by atoms with E-state index in [1.165, 1.54) is 17.0 Å². The molecule has 2 N–H and O–H groups in total. The van der Waals surface area contributed by atoms with Crippen LogP contribution in [0.4, 0.5) is 5.69 Å². The Labute approximate surface area is 130 Å². The van der Waals surface area contributed by atoms with Gasteiger partial charge in [-0.2, -0.15) is 0 Å². The summed E-state index contributed by atoms with van der Waals surface area (Å²) < 4.78 is 4.95. The first-order chi connectivity index (χ1) is 10.1. The van der Waals surface area contributed by atoms with E-state index in [2.05, 4.69) is 44.9 Å². The summed E-state index contributed by atoms with van der Waals surface area (Å²) in [6.45, 7) is 1.53. The van der Waals surface area contributed by atoms with E-state index in [0.717, 1.165) is 17.4 Å². The van der Waals surface area contributed by atoms with Gasteiger partial charge in [0.2, 0.25) is 0 Å². The van der Waals surface area contributed by atoms with Crippen LogP contribution in [-0.4, -0.2) is 9.13 Å². The Morgan fingerprint density at radius 3 is 2.71 bits per heavy atom. The van der Waals surface area contributed by atoms with Gasteiger partial charge < -0.3 is 14.9 Å². The molecule has 1 aromatic carbocycles. The quantitative estimate of drug-likeness (QED) is 0.789. The highest BCUT2D eigenvalue weighted by atomic mass is 79.9. The van der Waals surface area contributed by atoms with Gasteiger partial charge in [0.05, 0.1) is 0 Å². The molecule has 0 unspecified atom stereocenters. The number of aromatic nitrogens is 2. The number of aryl methyl sites for hydroxylation is 2. The van der Waals surface area contributed by atoms with Crippen LogP contribution in [-0.2, 0) is 13.1 Å². The monoisotopic (exact) mass is 345 g/mol. The smallest absolute Gasteiger partial charge is 0.250 e. The lowest BCUT2D eigenvalue weighted by Gasteiger charge is -2.08. The highest BCUT2D eigenvalue weighted by molar-refractivity contribution is 9.10. The van der Waals surface area contributed by atoms with Gasteiger partial charge in [-0.25, -0.2) is 0 Å². The van der Waals surface area contributed by atoms with Crippen molar-refractivity contribution in [2.75, 3.05) is 5.73 Å². The third-order valence-electron chi connectivity index (χ3n) is 3.54. The van der Waals surface area contributed by atoms with Gasteiger partial charge in [0.1, 0.15) is 0 Å². The lowest BCUT2D eigenvalue weighted by atomic mass is 10.2. The first kappa shape index (κ1) is 13.9. The minimum Gasteiger partial charge on any atom is -0.398 e. The molecule has 2 aromatic heterocycles. The summed E-state index contributed by atoms with van der Waals surface area (Å²) in [4.78, 5) is 11.7. The van der Waals surface area contributed by atoms with Gasteiger partial charge in [0, 0.05) is 52.6 Å². The lowest BCUT2D eigenvalue weighted by Crippen LogP contribution is -2.19. The molecule has 0 fully saturated rings. The number of hydrogen-bond acceptors (Lipinski definition) is 2. The van der Waals surface area contributed by atoms with Crippen LogP contribution in [0.1, 0.15) is 6.42 Å². The fourth-order valence-electron chi connectivity index (χ4n) is 2.50. The van der Waals surface area contributed by atoms with Gasteiger partial charge in [0.15, 0.2) is 0 Å². The Morgan fingerprint density at radius 1 is 1.05 bits per heavy atom. The highest BCUT2D eigenvalue weighted by Gasteiger charge is 2.02. The van der Waals surface area contributed by atoms with Crippen LogP contribution in [0.2, 0.25) is 0 Å². The van der Waals surface area contributed by atoms with Crippen molar-refractivity contribution in [3.8, 4) is 0 Å². The summed E-state index contributed by atoms with van der Waals surface area (Å²) in [7, 11) is 0. The summed E-state index contributed by atoms with van der Waals surface area (Å²) in [6.07, 6.45) is 4.66. The van der Waals surface area contributed by atoms with Crippen LogP contribution in [0.15, 0.2) is 58.1 Å². The van der Waals surface area contributed by atoms with Crippen LogP contribution < -0.4 is 11.3 Å². The van der Waals surface area contributed by atoms with E-state index < -0.39 is 0 Å². The minimum absolute atomic E-state index is 0.00880. The molecule has 0 atom stereocenters. The average Bonchev–Trinajstić information content (AvgIpc) is 2.85. The third kappa shape index (κ3) is 3.03. The van der Waals surface area contributed by atoms with Crippen LogP contribution in [0.5, 0.6) is 0 Å². The topological polar surface area (TPSA) is 53.0 Å². The Morgan fingerprint density at radius 2 is 1.86 bits per heavy atom. The van der Waals surface area contributed by atoms with Crippen molar-refractivity contribution >= 4 is 32.5 Å². The maximum Gasteiger partial charge on any atom is 0.250 e. The number of nitrogens with two attached hydrogens (primary N) is 1. The van der Waals surface area contributed by atoms with E-state index in [1.807, 2.05) is 6.07 Å². The predicted octanol–water partition coefficient (Wildman–Crippen LogP) is 3.24. The van der Waals surface area contributed by atoms with E-state index >= 15 is 0 Å². The van der Waals surface area contributed by atoms with Gasteiger partial charge in [-0.05, 0) is 36.8 Å². The molecule has 108 valence electrons. The molecule has 0 aliphatic heterocycles. The number of halogens is 1. The largest absolute Gasteiger partial charge is 0.398 e. The molecular formula is C16H16BrN3O. The summed E-state index contributed by atoms with van der Waals surface area (Å²) in [6, 6.07) is 11.5. The SMILES string of the molecule is Nc1ccc(=O)n(CCCn2ccc3cc(Br)ccc32)c1. The summed E-state index contributed by atoms with van der Waals surface area (Å²) in [5.41, 5.74) is 7.53. The normalized spacial score (nSPS) is 11.1. The first-order valence-corrected chi connectivity index (χ1v) is 7.63. The third-order valence-corrected chi connectivity index (χ3v) is 4.03. The van der Waals surface area contributed by atoms with Crippen molar-refractivity contribution in [3.05, 3.63) is 63.6 Å². The molecular weight excluding hydrogens is 330 g/mol. The fraction of sp³-hybridized carbons (Fsp3) is 0.188. The van der Waals surface area contributed by atoms with Gasteiger partial charge >= 0.3 is 0 Å². The highest BCUT2D eigenvalue weighted by Crippen LogP contribution is 2.21. The number of hydrogen-bond donors (Lipinski definition) is 1. The number of rotatable bonds is 4. The van der Waals surface area contributed by atoms with E-state index in [0.29, 0.717) is 12.2 Å². The van der Waals surface area contributed by atoms with E-state index in [1.54, 1.807) is 16.8 Å². The average molecular weight is 346 g/mol. The Balaban J connectivity index is 1.72. The van der Waals surface area contributed by atoms with E-state index in [-0.39, 0.29) is 5.56 Å². The molecule has 0 spiro atoms. The maximum atomic E-state index is 11.7.